The lowest BCUT2D eigenvalue weighted by Gasteiger charge is -2.30. The molecule has 0 aliphatic carbocycles. The second-order valence-corrected chi connectivity index (χ2v) is 5.38. The molecular formula is C15H20N4. The molecule has 0 amide bonds. The van der Waals surface area contributed by atoms with E-state index in [9.17, 15) is 0 Å². The quantitative estimate of drug-likeness (QED) is 0.815. The molecule has 1 unspecified atom stereocenters. The van der Waals surface area contributed by atoms with Gasteiger partial charge in [-0.2, -0.15) is 5.11 Å². The normalized spacial score (nSPS) is 26.9. The maximum atomic E-state index is 4.40. The summed E-state index contributed by atoms with van der Waals surface area (Å²) in [6, 6.07) is 10.4. The number of hydrogen-bond donors (Lipinski definition) is 0. The molecule has 2 heterocycles. The van der Waals surface area contributed by atoms with E-state index in [0.717, 1.165) is 13.0 Å². The SMILES string of the molecule is C1=NN=NC1(CCN1CCCCC1)c1ccccc1. The summed E-state index contributed by atoms with van der Waals surface area (Å²) in [6.07, 6.45) is 6.89. The minimum Gasteiger partial charge on any atom is -0.303 e. The van der Waals surface area contributed by atoms with Gasteiger partial charge in [-0.15, -0.1) is 5.10 Å². The summed E-state index contributed by atoms with van der Waals surface area (Å²) >= 11 is 0. The molecule has 1 aromatic rings. The highest BCUT2D eigenvalue weighted by molar-refractivity contribution is 5.74. The van der Waals surface area contributed by atoms with Crippen LogP contribution in [0.1, 0.15) is 31.2 Å². The topological polar surface area (TPSA) is 40.3 Å². The zero-order valence-corrected chi connectivity index (χ0v) is 11.2. The van der Waals surface area contributed by atoms with E-state index in [2.05, 4.69) is 44.6 Å². The van der Waals surface area contributed by atoms with Gasteiger partial charge in [0.15, 0.2) is 0 Å². The molecule has 0 saturated carbocycles. The molecule has 0 N–H and O–H groups in total. The highest BCUT2D eigenvalue weighted by Crippen LogP contribution is 2.31. The number of nitrogens with zero attached hydrogens (tertiary/aromatic N) is 4. The summed E-state index contributed by atoms with van der Waals surface area (Å²) in [4.78, 5) is 2.54. The molecule has 100 valence electrons. The maximum Gasteiger partial charge on any atom is 0.147 e. The van der Waals surface area contributed by atoms with Gasteiger partial charge < -0.3 is 4.90 Å². The first-order chi connectivity index (χ1) is 9.39. The molecule has 0 radical (unpaired) electrons. The van der Waals surface area contributed by atoms with Crippen molar-refractivity contribution in [2.45, 2.75) is 31.2 Å². The molecule has 19 heavy (non-hydrogen) atoms. The van der Waals surface area contributed by atoms with Gasteiger partial charge in [0, 0.05) is 6.54 Å². The third-order valence-electron chi connectivity index (χ3n) is 4.08. The monoisotopic (exact) mass is 256 g/mol. The van der Waals surface area contributed by atoms with Crippen LogP contribution in [0, 0.1) is 0 Å². The highest BCUT2D eigenvalue weighted by Gasteiger charge is 2.33. The Morgan fingerprint density at radius 1 is 1.05 bits per heavy atom. The van der Waals surface area contributed by atoms with Crippen molar-refractivity contribution in [1.82, 2.24) is 4.90 Å². The van der Waals surface area contributed by atoms with E-state index >= 15 is 0 Å². The van der Waals surface area contributed by atoms with E-state index in [1.165, 1.54) is 37.9 Å². The fourth-order valence-corrected chi connectivity index (χ4v) is 2.88. The molecule has 0 spiro atoms. The Labute approximate surface area is 114 Å². The van der Waals surface area contributed by atoms with E-state index in [0.29, 0.717) is 0 Å². The average molecular weight is 256 g/mol. The fourth-order valence-electron chi connectivity index (χ4n) is 2.88. The van der Waals surface area contributed by atoms with Crippen LogP contribution in [0.25, 0.3) is 0 Å². The Hall–Kier alpha value is -1.55. The summed E-state index contributed by atoms with van der Waals surface area (Å²) < 4.78 is 0. The Morgan fingerprint density at radius 2 is 1.84 bits per heavy atom. The van der Waals surface area contributed by atoms with Crippen molar-refractivity contribution in [1.29, 1.82) is 0 Å². The molecule has 0 bridgehead atoms. The summed E-state index contributed by atoms with van der Waals surface area (Å²) in [6.45, 7) is 3.51. The predicted molar refractivity (Wildman–Crippen MR) is 76.4 cm³/mol. The van der Waals surface area contributed by atoms with Crippen molar-refractivity contribution < 1.29 is 0 Å². The van der Waals surface area contributed by atoms with Gasteiger partial charge in [-0.1, -0.05) is 36.8 Å². The number of piperidine rings is 1. The van der Waals surface area contributed by atoms with Crippen LogP contribution in [0.5, 0.6) is 0 Å². The molecule has 1 aromatic carbocycles. The minimum atomic E-state index is -0.335. The van der Waals surface area contributed by atoms with E-state index in [1.807, 2.05) is 12.3 Å². The number of benzene rings is 1. The van der Waals surface area contributed by atoms with E-state index in [4.69, 9.17) is 0 Å². The molecule has 1 saturated heterocycles. The van der Waals surface area contributed by atoms with Gasteiger partial charge in [-0.25, -0.2) is 0 Å². The molecule has 1 atom stereocenters. The third kappa shape index (κ3) is 2.73. The van der Waals surface area contributed by atoms with E-state index in [-0.39, 0.29) is 5.54 Å². The second-order valence-electron chi connectivity index (χ2n) is 5.38. The van der Waals surface area contributed by atoms with Crippen molar-refractivity contribution in [2.75, 3.05) is 19.6 Å². The van der Waals surface area contributed by atoms with Gasteiger partial charge in [0.25, 0.3) is 0 Å². The van der Waals surface area contributed by atoms with Crippen molar-refractivity contribution in [3.8, 4) is 0 Å². The second kappa shape index (κ2) is 5.61. The van der Waals surface area contributed by atoms with Crippen molar-refractivity contribution in [3.05, 3.63) is 35.9 Å². The van der Waals surface area contributed by atoms with Crippen molar-refractivity contribution in [2.24, 2.45) is 15.4 Å². The first-order valence-electron chi connectivity index (χ1n) is 7.13. The van der Waals surface area contributed by atoms with Crippen LogP contribution in [-0.4, -0.2) is 30.7 Å². The Kier molecular flexibility index (Phi) is 3.69. The van der Waals surface area contributed by atoms with Crippen LogP contribution < -0.4 is 0 Å². The van der Waals surface area contributed by atoms with Crippen molar-refractivity contribution >= 4 is 6.21 Å². The lowest BCUT2D eigenvalue weighted by molar-refractivity contribution is 0.216. The Morgan fingerprint density at radius 3 is 2.53 bits per heavy atom. The Bertz CT molecular complexity index is 448. The lowest BCUT2D eigenvalue weighted by Crippen LogP contribution is -2.35. The molecule has 2 aliphatic heterocycles. The van der Waals surface area contributed by atoms with Crippen LogP contribution >= 0.6 is 0 Å². The minimum absolute atomic E-state index is 0.335. The average Bonchev–Trinajstić information content (AvgIpc) is 2.97. The van der Waals surface area contributed by atoms with Crippen LogP contribution in [0.15, 0.2) is 45.8 Å². The number of likely N-dealkylation sites (tertiary alicyclic amines) is 1. The predicted octanol–water partition coefficient (Wildman–Crippen LogP) is 3.21. The van der Waals surface area contributed by atoms with E-state index < -0.39 is 0 Å². The zero-order valence-electron chi connectivity index (χ0n) is 11.2. The molecule has 0 aromatic heterocycles. The van der Waals surface area contributed by atoms with Gasteiger partial charge in [0.05, 0.1) is 6.21 Å². The molecule has 3 rings (SSSR count). The van der Waals surface area contributed by atoms with Gasteiger partial charge in [-0.05, 0) is 43.1 Å². The maximum absolute atomic E-state index is 4.40. The largest absolute Gasteiger partial charge is 0.303 e. The molecular weight excluding hydrogens is 236 g/mol. The smallest absolute Gasteiger partial charge is 0.147 e. The summed E-state index contributed by atoms with van der Waals surface area (Å²) in [5.74, 6) is 0. The molecule has 4 heteroatoms. The standard InChI is InChI=1S/C15H20N4/c1-3-7-14(8-4-1)15(13-16-18-17-15)9-12-19-10-5-2-6-11-19/h1,3-4,7-8,13H,2,5-6,9-12H2. The van der Waals surface area contributed by atoms with Crippen LogP contribution in [0.2, 0.25) is 0 Å². The van der Waals surface area contributed by atoms with Crippen LogP contribution in [0.3, 0.4) is 0 Å². The summed E-state index contributed by atoms with van der Waals surface area (Å²) in [5.41, 5.74) is 0.857. The Balaban J connectivity index is 1.71. The van der Waals surface area contributed by atoms with Crippen LogP contribution in [-0.2, 0) is 5.54 Å². The fraction of sp³-hybridized carbons (Fsp3) is 0.533. The first kappa shape index (κ1) is 12.5. The third-order valence-corrected chi connectivity index (χ3v) is 4.08. The van der Waals surface area contributed by atoms with Gasteiger partial charge in [0.1, 0.15) is 5.54 Å². The van der Waals surface area contributed by atoms with Gasteiger partial charge in [-0.3, -0.25) is 0 Å². The van der Waals surface area contributed by atoms with Gasteiger partial charge >= 0.3 is 0 Å². The molecule has 4 nitrogen and oxygen atoms in total. The first-order valence-corrected chi connectivity index (χ1v) is 7.13. The lowest BCUT2D eigenvalue weighted by atomic mass is 9.88. The van der Waals surface area contributed by atoms with Crippen LogP contribution in [0.4, 0.5) is 0 Å². The summed E-state index contributed by atoms with van der Waals surface area (Å²) in [7, 11) is 0. The number of rotatable bonds is 4. The van der Waals surface area contributed by atoms with E-state index in [1.54, 1.807) is 0 Å². The zero-order chi connectivity index (χ0) is 13.0. The van der Waals surface area contributed by atoms with Crippen molar-refractivity contribution in [3.63, 3.8) is 0 Å². The number of hydrogen-bond acceptors (Lipinski definition) is 4. The molecule has 2 aliphatic rings. The van der Waals surface area contributed by atoms with Gasteiger partial charge in [0.2, 0.25) is 0 Å². The highest BCUT2D eigenvalue weighted by atomic mass is 15.4. The summed E-state index contributed by atoms with van der Waals surface area (Å²) in [5, 5.41) is 12.2. The molecule has 1 fully saturated rings.